The lowest BCUT2D eigenvalue weighted by atomic mass is 9.91. The number of aryl methyl sites for hydroxylation is 2. The molecular formula is C23H24N2O5. The first-order chi connectivity index (χ1) is 14.3. The predicted octanol–water partition coefficient (Wildman–Crippen LogP) is 3.11. The molecule has 156 valence electrons. The smallest absolute Gasteiger partial charge is 0.325 e. The van der Waals surface area contributed by atoms with Crippen LogP contribution in [0.2, 0.25) is 0 Å². The molecule has 0 radical (unpaired) electrons. The summed E-state index contributed by atoms with van der Waals surface area (Å²) in [6.07, 6.45) is 0.769. The van der Waals surface area contributed by atoms with E-state index >= 15 is 0 Å². The predicted molar refractivity (Wildman–Crippen MR) is 110 cm³/mol. The molecule has 2 aliphatic heterocycles. The van der Waals surface area contributed by atoms with Crippen LogP contribution in [0.5, 0.6) is 11.5 Å². The van der Waals surface area contributed by atoms with Crippen LogP contribution < -0.4 is 14.8 Å². The van der Waals surface area contributed by atoms with Crippen LogP contribution in [0.15, 0.2) is 36.4 Å². The van der Waals surface area contributed by atoms with Crippen molar-refractivity contribution in [3.8, 4) is 11.5 Å². The molecule has 2 aromatic rings. The van der Waals surface area contributed by atoms with Crippen molar-refractivity contribution in [1.29, 1.82) is 0 Å². The number of fused-ring (bicyclic) bond motifs is 1. The lowest BCUT2D eigenvalue weighted by molar-refractivity contribution is -0.130. The summed E-state index contributed by atoms with van der Waals surface area (Å²) >= 11 is 0. The molecule has 1 N–H and O–H groups in total. The number of amides is 3. The molecule has 7 heteroatoms. The van der Waals surface area contributed by atoms with E-state index in [1.807, 2.05) is 26.0 Å². The number of carbonyl (C=O) groups is 3. The SMILES string of the molecule is Cc1ccc(C)c(C(=O)CN2C(=O)N[C@@](C)(c3ccc4c(c3)OCCCO4)C2=O)c1. The van der Waals surface area contributed by atoms with Gasteiger partial charge in [-0.05, 0) is 50.1 Å². The standard InChI is InChI=1S/C23H24N2O5/c1-14-5-6-15(2)17(11-14)18(26)13-25-21(27)23(3,24-22(25)28)16-7-8-19-20(12-16)30-10-4-9-29-19/h5-8,11-12H,4,9-10,13H2,1-3H3,(H,24,28)/t23-/m0/s1. The molecule has 7 nitrogen and oxygen atoms in total. The van der Waals surface area contributed by atoms with E-state index in [2.05, 4.69) is 5.32 Å². The van der Waals surface area contributed by atoms with E-state index in [1.54, 1.807) is 31.2 Å². The highest BCUT2D eigenvalue weighted by Crippen LogP contribution is 2.36. The van der Waals surface area contributed by atoms with Gasteiger partial charge in [0.2, 0.25) is 0 Å². The van der Waals surface area contributed by atoms with E-state index in [0.717, 1.165) is 22.4 Å². The average Bonchev–Trinajstić information content (AvgIpc) is 2.89. The van der Waals surface area contributed by atoms with Crippen LogP contribution in [-0.2, 0) is 10.3 Å². The largest absolute Gasteiger partial charge is 0.490 e. The molecule has 0 aromatic heterocycles. The van der Waals surface area contributed by atoms with E-state index in [4.69, 9.17) is 9.47 Å². The molecule has 2 aromatic carbocycles. The van der Waals surface area contributed by atoms with Crippen molar-refractivity contribution >= 4 is 17.7 Å². The van der Waals surface area contributed by atoms with Gasteiger partial charge in [-0.1, -0.05) is 23.8 Å². The van der Waals surface area contributed by atoms with Gasteiger partial charge in [0.15, 0.2) is 17.3 Å². The van der Waals surface area contributed by atoms with Gasteiger partial charge in [0.25, 0.3) is 5.91 Å². The monoisotopic (exact) mass is 408 g/mol. The van der Waals surface area contributed by atoms with E-state index < -0.39 is 17.5 Å². The summed E-state index contributed by atoms with van der Waals surface area (Å²) in [6.45, 7) is 6.13. The second kappa shape index (κ2) is 7.48. The molecule has 1 atom stereocenters. The topological polar surface area (TPSA) is 84.9 Å². The number of imide groups is 1. The van der Waals surface area contributed by atoms with Crippen LogP contribution in [-0.4, -0.2) is 42.4 Å². The molecule has 0 aliphatic carbocycles. The fraction of sp³-hybridized carbons (Fsp3) is 0.348. The summed E-state index contributed by atoms with van der Waals surface area (Å²) in [5, 5.41) is 2.74. The zero-order valence-corrected chi connectivity index (χ0v) is 17.3. The number of benzene rings is 2. The van der Waals surface area contributed by atoms with Gasteiger partial charge in [-0.3, -0.25) is 14.5 Å². The summed E-state index contributed by atoms with van der Waals surface area (Å²) in [5.74, 6) is 0.403. The van der Waals surface area contributed by atoms with Gasteiger partial charge in [0, 0.05) is 12.0 Å². The minimum Gasteiger partial charge on any atom is -0.490 e. The van der Waals surface area contributed by atoms with Gasteiger partial charge in [-0.15, -0.1) is 0 Å². The minimum atomic E-state index is -1.29. The van der Waals surface area contributed by atoms with Crippen LogP contribution >= 0.6 is 0 Å². The highest BCUT2D eigenvalue weighted by molar-refractivity contribution is 6.11. The number of Topliss-reactive ketones (excluding diaryl/α,β-unsaturated/α-hetero) is 1. The number of nitrogens with one attached hydrogen (secondary N) is 1. The Morgan fingerprint density at radius 2 is 1.80 bits per heavy atom. The number of rotatable bonds is 4. The third-order valence-corrected chi connectivity index (χ3v) is 5.60. The molecular weight excluding hydrogens is 384 g/mol. The molecule has 0 spiro atoms. The fourth-order valence-electron chi connectivity index (χ4n) is 3.78. The number of hydrogen-bond acceptors (Lipinski definition) is 5. The van der Waals surface area contributed by atoms with Crippen LogP contribution in [0, 0.1) is 13.8 Å². The Kier molecular flexibility index (Phi) is 4.97. The summed E-state index contributed by atoms with van der Waals surface area (Å²) in [6, 6.07) is 10.2. The number of ketones is 1. The molecule has 4 rings (SSSR count). The van der Waals surface area contributed by atoms with Crippen molar-refractivity contribution in [3.63, 3.8) is 0 Å². The Morgan fingerprint density at radius 1 is 1.07 bits per heavy atom. The van der Waals surface area contributed by atoms with Gasteiger partial charge in [0.1, 0.15) is 5.54 Å². The van der Waals surface area contributed by atoms with Crippen molar-refractivity contribution in [2.24, 2.45) is 0 Å². The maximum absolute atomic E-state index is 13.2. The van der Waals surface area contributed by atoms with Crippen LogP contribution in [0.1, 0.15) is 40.4 Å². The summed E-state index contributed by atoms with van der Waals surface area (Å²) < 4.78 is 11.4. The Labute approximate surface area is 175 Å². The Balaban J connectivity index is 1.60. The van der Waals surface area contributed by atoms with Gasteiger partial charge in [-0.25, -0.2) is 4.79 Å². The Bertz CT molecular complexity index is 1050. The zero-order chi connectivity index (χ0) is 21.5. The number of ether oxygens (including phenoxy) is 2. The molecule has 1 fully saturated rings. The van der Waals surface area contributed by atoms with Crippen molar-refractivity contribution < 1.29 is 23.9 Å². The van der Waals surface area contributed by atoms with E-state index in [-0.39, 0.29) is 12.3 Å². The highest BCUT2D eigenvalue weighted by Gasteiger charge is 2.49. The lowest BCUT2D eigenvalue weighted by Crippen LogP contribution is -2.41. The van der Waals surface area contributed by atoms with Crippen LogP contribution in [0.3, 0.4) is 0 Å². The van der Waals surface area contributed by atoms with Gasteiger partial charge in [0.05, 0.1) is 19.8 Å². The molecule has 2 heterocycles. The molecule has 1 saturated heterocycles. The Morgan fingerprint density at radius 3 is 2.57 bits per heavy atom. The summed E-state index contributed by atoms with van der Waals surface area (Å²) in [7, 11) is 0. The number of carbonyl (C=O) groups excluding carboxylic acids is 3. The molecule has 3 amide bonds. The van der Waals surface area contributed by atoms with Crippen molar-refractivity contribution in [2.75, 3.05) is 19.8 Å². The van der Waals surface area contributed by atoms with E-state index in [1.165, 1.54) is 0 Å². The minimum absolute atomic E-state index is 0.275. The van der Waals surface area contributed by atoms with Gasteiger partial charge < -0.3 is 14.8 Å². The first-order valence-electron chi connectivity index (χ1n) is 9.94. The van der Waals surface area contributed by atoms with E-state index in [0.29, 0.717) is 35.8 Å². The zero-order valence-electron chi connectivity index (χ0n) is 17.3. The van der Waals surface area contributed by atoms with E-state index in [9.17, 15) is 14.4 Å². The van der Waals surface area contributed by atoms with Crippen molar-refractivity contribution in [1.82, 2.24) is 10.2 Å². The fourth-order valence-corrected chi connectivity index (χ4v) is 3.78. The molecule has 0 saturated carbocycles. The highest BCUT2D eigenvalue weighted by atomic mass is 16.5. The average molecular weight is 408 g/mol. The third-order valence-electron chi connectivity index (χ3n) is 5.60. The number of urea groups is 1. The van der Waals surface area contributed by atoms with Crippen molar-refractivity contribution in [2.45, 2.75) is 32.7 Å². The van der Waals surface area contributed by atoms with Crippen LogP contribution in [0.4, 0.5) is 4.79 Å². The first-order valence-corrected chi connectivity index (χ1v) is 9.94. The first kappa shape index (κ1) is 19.9. The lowest BCUT2D eigenvalue weighted by Gasteiger charge is -2.23. The second-order valence-corrected chi connectivity index (χ2v) is 7.90. The second-order valence-electron chi connectivity index (χ2n) is 7.90. The molecule has 0 unspecified atom stereocenters. The quantitative estimate of drug-likeness (QED) is 0.621. The Hall–Kier alpha value is -3.35. The molecule has 0 bridgehead atoms. The van der Waals surface area contributed by atoms with Gasteiger partial charge >= 0.3 is 6.03 Å². The molecule has 2 aliphatic rings. The number of nitrogens with zero attached hydrogens (tertiary/aromatic N) is 1. The maximum Gasteiger partial charge on any atom is 0.325 e. The maximum atomic E-state index is 13.2. The normalized spacial score (nSPS) is 20.7. The summed E-state index contributed by atoms with van der Waals surface area (Å²) in [5.41, 5.74) is 1.55. The summed E-state index contributed by atoms with van der Waals surface area (Å²) in [4.78, 5) is 39.6. The van der Waals surface area contributed by atoms with Crippen LogP contribution in [0.25, 0.3) is 0 Å². The van der Waals surface area contributed by atoms with Gasteiger partial charge in [-0.2, -0.15) is 0 Å². The third kappa shape index (κ3) is 3.40. The molecule has 30 heavy (non-hydrogen) atoms. The number of hydrogen-bond donors (Lipinski definition) is 1. The van der Waals surface area contributed by atoms with Crippen molar-refractivity contribution in [3.05, 3.63) is 58.7 Å².